The molecule has 88 valence electrons. The number of aryl methyl sites for hydroxylation is 2. The Morgan fingerprint density at radius 2 is 1.82 bits per heavy atom. The molecule has 0 unspecified atom stereocenters. The number of nitrogens with zero attached hydrogens (tertiary/aromatic N) is 2. The van der Waals surface area contributed by atoms with Gasteiger partial charge in [0, 0.05) is 23.5 Å². The summed E-state index contributed by atoms with van der Waals surface area (Å²) in [5.41, 5.74) is 9.83. The van der Waals surface area contributed by atoms with Gasteiger partial charge in [0.15, 0.2) is 5.82 Å². The summed E-state index contributed by atoms with van der Waals surface area (Å²) in [6.07, 6.45) is 0.928. The summed E-state index contributed by atoms with van der Waals surface area (Å²) in [5.74, 6) is 0.797. The van der Waals surface area contributed by atoms with Gasteiger partial charge in [-0.1, -0.05) is 31.2 Å². The van der Waals surface area contributed by atoms with E-state index in [9.17, 15) is 0 Å². The van der Waals surface area contributed by atoms with Gasteiger partial charge < -0.3 is 5.73 Å². The average Bonchev–Trinajstić information content (AvgIpc) is 2.38. The predicted molar refractivity (Wildman–Crippen MR) is 69.5 cm³/mol. The van der Waals surface area contributed by atoms with Crippen molar-refractivity contribution in [3.8, 4) is 11.4 Å². The van der Waals surface area contributed by atoms with Gasteiger partial charge in [-0.05, 0) is 25.0 Å². The van der Waals surface area contributed by atoms with Crippen molar-refractivity contribution in [3.63, 3.8) is 0 Å². The largest absolute Gasteiger partial charge is 0.326 e. The Morgan fingerprint density at radius 1 is 1.12 bits per heavy atom. The number of nitrogens with two attached hydrogens (primary N) is 1. The van der Waals surface area contributed by atoms with Gasteiger partial charge in [0.05, 0.1) is 0 Å². The molecule has 1 aromatic heterocycles. The van der Waals surface area contributed by atoms with Crippen molar-refractivity contribution >= 4 is 0 Å². The summed E-state index contributed by atoms with van der Waals surface area (Å²) < 4.78 is 0. The lowest BCUT2D eigenvalue weighted by atomic mass is 10.1. The van der Waals surface area contributed by atoms with Crippen molar-refractivity contribution in [2.75, 3.05) is 0 Å². The molecular formula is C14H17N3. The van der Waals surface area contributed by atoms with Crippen LogP contribution < -0.4 is 5.73 Å². The van der Waals surface area contributed by atoms with E-state index in [1.807, 2.05) is 37.3 Å². The molecule has 17 heavy (non-hydrogen) atoms. The third-order valence-corrected chi connectivity index (χ3v) is 2.72. The molecule has 1 heterocycles. The van der Waals surface area contributed by atoms with Gasteiger partial charge in [-0.2, -0.15) is 0 Å². The first-order valence-electron chi connectivity index (χ1n) is 5.87. The first-order valence-corrected chi connectivity index (χ1v) is 5.87. The summed E-state index contributed by atoms with van der Waals surface area (Å²) in [4.78, 5) is 9.00. The minimum atomic E-state index is 0.565. The topological polar surface area (TPSA) is 51.8 Å². The normalized spacial score (nSPS) is 10.5. The second-order valence-corrected chi connectivity index (χ2v) is 4.08. The van der Waals surface area contributed by atoms with E-state index in [-0.39, 0.29) is 0 Å². The van der Waals surface area contributed by atoms with Gasteiger partial charge in [0.1, 0.15) is 0 Å². The second-order valence-electron chi connectivity index (χ2n) is 4.08. The minimum Gasteiger partial charge on any atom is -0.326 e. The predicted octanol–water partition coefficient (Wildman–Crippen LogP) is 2.47. The molecule has 2 N–H and O–H groups in total. The number of hydrogen-bond acceptors (Lipinski definition) is 3. The molecule has 0 saturated heterocycles. The highest BCUT2D eigenvalue weighted by Crippen LogP contribution is 2.16. The van der Waals surface area contributed by atoms with Crippen LogP contribution in [0.1, 0.15) is 23.9 Å². The van der Waals surface area contributed by atoms with E-state index in [1.165, 1.54) is 0 Å². The highest BCUT2D eigenvalue weighted by Gasteiger charge is 2.04. The van der Waals surface area contributed by atoms with Gasteiger partial charge in [-0.3, -0.25) is 0 Å². The molecule has 0 aliphatic rings. The Kier molecular flexibility index (Phi) is 3.49. The Labute approximate surface area is 102 Å². The molecule has 0 atom stereocenters. The van der Waals surface area contributed by atoms with Crippen molar-refractivity contribution < 1.29 is 0 Å². The van der Waals surface area contributed by atoms with Crippen LogP contribution in [0.25, 0.3) is 11.4 Å². The van der Waals surface area contributed by atoms with Crippen LogP contribution in [0.15, 0.2) is 30.3 Å². The van der Waals surface area contributed by atoms with Crippen molar-refractivity contribution in [3.05, 3.63) is 47.3 Å². The maximum absolute atomic E-state index is 5.58. The summed E-state index contributed by atoms with van der Waals surface area (Å²) in [7, 11) is 0. The van der Waals surface area contributed by atoms with E-state index in [4.69, 9.17) is 5.73 Å². The van der Waals surface area contributed by atoms with Crippen LogP contribution in [0.5, 0.6) is 0 Å². The molecular weight excluding hydrogens is 210 g/mol. The first-order chi connectivity index (χ1) is 8.22. The Morgan fingerprint density at radius 3 is 2.41 bits per heavy atom. The van der Waals surface area contributed by atoms with E-state index in [0.29, 0.717) is 6.54 Å². The number of benzene rings is 1. The molecule has 0 bridgehead atoms. The van der Waals surface area contributed by atoms with Gasteiger partial charge >= 0.3 is 0 Å². The maximum Gasteiger partial charge on any atom is 0.159 e. The van der Waals surface area contributed by atoms with Gasteiger partial charge in [-0.25, -0.2) is 9.97 Å². The Balaban J connectivity index is 2.41. The summed E-state index contributed by atoms with van der Waals surface area (Å²) in [6.45, 7) is 4.66. The lowest BCUT2D eigenvalue weighted by Gasteiger charge is -2.05. The number of hydrogen-bond donors (Lipinski definition) is 1. The van der Waals surface area contributed by atoms with Crippen molar-refractivity contribution in [2.24, 2.45) is 5.73 Å². The van der Waals surface area contributed by atoms with E-state index in [0.717, 1.165) is 34.8 Å². The van der Waals surface area contributed by atoms with Crippen molar-refractivity contribution in [1.29, 1.82) is 0 Å². The Hall–Kier alpha value is -1.74. The third kappa shape index (κ3) is 2.68. The zero-order valence-corrected chi connectivity index (χ0v) is 10.3. The van der Waals surface area contributed by atoms with E-state index in [1.54, 1.807) is 0 Å². The van der Waals surface area contributed by atoms with Gasteiger partial charge in [0.2, 0.25) is 0 Å². The fourth-order valence-electron chi connectivity index (χ4n) is 1.73. The highest BCUT2D eigenvalue weighted by molar-refractivity contribution is 5.55. The molecule has 0 amide bonds. The zero-order chi connectivity index (χ0) is 12.3. The fourth-order valence-corrected chi connectivity index (χ4v) is 1.73. The minimum absolute atomic E-state index is 0.565. The lowest BCUT2D eigenvalue weighted by molar-refractivity contribution is 0.982. The molecule has 3 heteroatoms. The summed E-state index contributed by atoms with van der Waals surface area (Å²) in [6, 6.07) is 10.1. The van der Waals surface area contributed by atoms with Crippen LogP contribution in [0, 0.1) is 6.92 Å². The maximum atomic E-state index is 5.58. The number of aromatic nitrogens is 2. The SMILES string of the molecule is CCc1cc(C)nc(-c2ccc(CN)cc2)n1. The molecule has 0 aliphatic heterocycles. The molecule has 0 spiro atoms. The average molecular weight is 227 g/mol. The molecule has 0 aliphatic carbocycles. The van der Waals surface area contributed by atoms with E-state index < -0.39 is 0 Å². The highest BCUT2D eigenvalue weighted by atomic mass is 14.9. The smallest absolute Gasteiger partial charge is 0.159 e. The van der Waals surface area contributed by atoms with Crippen LogP contribution in [0.3, 0.4) is 0 Å². The lowest BCUT2D eigenvalue weighted by Crippen LogP contribution is -1.98. The molecule has 0 fully saturated rings. The first kappa shape index (κ1) is 11.7. The van der Waals surface area contributed by atoms with E-state index in [2.05, 4.69) is 16.9 Å². The van der Waals surface area contributed by atoms with Crippen molar-refractivity contribution in [2.45, 2.75) is 26.8 Å². The quantitative estimate of drug-likeness (QED) is 0.876. The van der Waals surface area contributed by atoms with Crippen LogP contribution >= 0.6 is 0 Å². The second kappa shape index (κ2) is 5.06. The molecule has 2 aromatic rings. The zero-order valence-electron chi connectivity index (χ0n) is 10.3. The summed E-state index contributed by atoms with van der Waals surface area (Å²) in [5, 5.41) is 0. The summed E-state index contributed by atoms with van der Waals surface area (Å²) >= 11 is 0. The van der Waals surface area contributed by atoms with E-state index >= 15 is 0 Å². The van der Waals surface area contributed by atoms with Crippen LogP contribution in [0.2, 0.25) is 0 Å². The van der Waals surface area contributed by atoms with Gasteiger partial charge in [0.25, 0.3) is 0 Å². The van der Waals surface area contributed by atoms with Crippen LogP contribution in [0.4, 0.5) is 0 Å². The third-order valence-electron chi connectivity index (χ3n) is 2.72. The van der Waals surface area contributed by atoms with Crippen LogP contribution in [-0.2, 0) is 13.0 Å². The van der Waals surface area contributed by atoms with Crippen LogP contribution in [-0.4, -0.2) is 9.97 Å². The molecule has 3 nitrogen and oxygen atoms in total. The molecule has 2 rings (SSSR count). The Bertz CT molecular complexity index is 503. The standard InChI is InChI=1S/C14H17N3/c1-3-13-8-10(2)16-14(17-13)12-6-4-11(9-15)5-7-12/h4-8H,3,9,15H2,1-2H3. The monoisotopic (exact) mass is 227 g/mol. The van der Waals surface area contributed by atoms with Crippen molar-refractivity contribution in [1.82, 2.24) is 9.97 Å². The molecule has 1 aromatic carbocycles. The van der Waals surface area contributed by atoms with Gasteiger partial charge in [-0.15, -0.1) is 0 Å². The number of rotatable bonds is 3. The fraction of sp³-hybridized carbons (Fsp3) is 0.286. The molecule has 0 saturated carbocycles. The molecule has 0 radical (unpaired) electrons.